The molecule has 110 valence electrons. The molecule has 2 rings (SSSR count). The number of carbonyl (C=O) groups excluding carboxylic acids is 1. The topological polar surface area (TPSA) is 32.3 Å². The Balaban J connectivity index is 2.01. The van der Waals surface area contributed by atoms with Crippen LogP contribution in [0.5, 0.6) is 0 Å². The van der Waals surface area contributed by atoms with Crippen molar-refractivity contribution >= 4 is 23.4 Å². The average Bonchev–Trinajstić information content (AvgIpc) is 2.44. The van der Waals surface area contributed by atoms with Crippen molar-refractivity contribution in [1.82, 2.24) is 4.90 Å². The summed E-state index contributed by atoms with van der Waals surface area (Å²) in [5.41, 5.74) is 1.87. The van der Waals surface area contributed by atoms with E-state index in [1.165, 1.54) is 0 Å². The Hall–Kier alpha value is -1.16. The van der Waals surface area contributed by atoms with Crippen molar-refractivity contribution in [3.05, 3.63) is 29.8 Å². The molecule has 1 amide bonds. The lowest BCUT2D eigenvalue weighted by atomic mass is 10.1. The third-order valence-electron chi connectivity index (χ3n) is 3.42. The molecule has 2 unspecified atom stereocenters. The summed E-state index contributed by atoms with van der Waals surface area (Å²) in [6.07, 6.45) is 1.10. The average molecular weight is 292 g/mol. The van der Waals surface area contributed by atoms with Crippen LogP contribution in [0.3, 0.4) is 0 Å². The van der Waals surface area contributed by atoms with Crippen molar-refractivity contribution in [1.29, 1.82) is 0 Å². The molecule has 1 aliphatic rings. The first-order valence-electron chi connectivity index (χ1n) is 7.38. The summed E-state index contributed by atoms with van der Waals surface area (Å²) >= 11 is 1.97. The second-order valence-electron chi connectivity index (χ2n) is 5.47. The van der Waals surface area contributed by atoms with E-state index >= 15 is 0 Å². The highest BCUT2D eigenvalue weighted by molar-refractivity contribution is 8.00. The van der Waals surface area contributed by atoms with Gasteiger partial charge in [0.05, 0.1) is 0 Å². The molecule has 20 heavy (non-hydrogen) atoms. The SMILES string of the molecule is CCCNc1ccc(C(=O)N2CC(C)SC(C)C2)cc1. The van der Waals surface area contributed by atoms with E-state index in [4.69, 9.17) is 0 Å². The zero-order chi connectivity index (χ0) is 14.5. The van der Waals surface area contributed by atoms with Crippen LogP contribution >= 0.6 is 11.8 Å². The third-order valence-corrected chi connectivity index (χ3v) is 4.65. The number of benzene rings is 1. The quantitative estimate of drug-likeness (QED) is 0.922. The molecule has 1 aromatic carbocycles. The van der Waals surface area contributed by atoms with Gasteiger partial charge in [0, 0.05) is 41.4 Å². The van der Waals surface area contributed by atoms with Crippen molar-refractivity contribution in [2.24, 2.45) is 0 Å². The van der Waals surface area contributed by atoms with Gasteiger partial charge >= 0.3 is 0 Å². The van der Waals surface area contributed by atoms with Gasteiger partial charge in [0.1, 0.15) is 0 Å². The number of carbonyl (C=O) groups is 1. The smallest absolute Gasteiger partial charge is 0.253 e. The Kier molecular flexibility index (Phi) is 5.35. The van der Waals surface area contributed by atoms with Crippen molar-refractivity contribution in [2.75, 3.05) is 25.0 Å². The Morgan fingerprint density at radius 1 is 1.25 bits per heavy atom. The van der Waals surface area contributed by atoms with Crippen LogP contribution in [0.25, 0.3) is 0 Å². The van der Waals surface area contributed by atoms with Crippen LogP contribution in [-0.2, 0) is 0 Å². The zero-order valence-electron chi connectivity index (χ0n) is 12.6. The zero-order valence-corrected chi connectivity index (χ0v) is 13.4. The van der Waals surface area contributed by atoms with Gasteiger partial charge in [-0.05, 0) is 30.7 Å². The monoisotopic (exact) mass is 292 g/mol. The molecule has 0 radical (unpaired) electrons. The molecular formula is C16H24N2OS. The normalized spacial score (nSPS) is 22.6. The van der Waals surface area contributed by atoms with E-state index in [0.717, 1.165) is 37.3 Å². The minimum atomic E-state index is 0.158. The van der Waals surface area contributed by atoms with Crippen LogP contribution < -0.4 is 5.32 Å². The lowest BCUT2D eigenvalue weighted by Crippen LogP contribution is -2.44. The Morgan fingerprint density at radius 3 is 2.40 bits per heavy atom. The maximum atomic E-state index is 12.5. The van der Waals surface area contributed by atoms with E-state index in [9.17, 15) is 4.79 Å². The minimum absolute atomic E-state index is 0.158. The molecule has 1 fully saturated rings. The number of rotatable bonds is 4. The van der Waals surface area contributed by atoms with Crippen LogP contribution in [0.1, 0.15) is 37.6 Å². The Bertz CT molecular complexity index is 436. The van der Waals surface area contributed by atoms with Crippen LogP contribution in [-0.4, -0.2) is 40.9 Å². The van der Waals surface area contributed by atoms with Gasteiger partial charge in [0.25, 0.3) is 5.91 Å². The molecule has 0 aliphatic carbocycles. The molecule has 3 nitrogen and oxygen atoms in total. The van der Waals surface area contributed by atoms with E-state index in [2.05, 4.69) is 26.1 Å². The number of nitrogens with zero attached hydrogens (tertiary/aromatic N) is 1. The van der Waals surface area contributed by atoms with Crippen molar-refractivity contribution < 1.29 is 4.79 Å². The van der Waals surface area contributed by atoms with Crippen LogP contribution in [0.4, 0.5) is 5.69 Å². The summed E-state index contributed by atoms with van der Waals surface area (Å²) < 4.78 is 0. The van der Waals surface area contributed by atoms with E-state index in [1.54, 1.807) is 0 Å². The van der Waals surface area contributed by atoms with Gasteiger partial charge in [-0.25, -0.2) is 0 Å². The van der Waals surface area contributed by atoms with Crippen molar-refractivity contribution in [3.8, 4) is 0 Å². The summed E-state index contributed by atoms with van der Waals surface area (Å²) in [4.78, 5) is 14.5. The predicted octanol–water partition coefficient (Wildman–Crippen LogP) is 3.47. The van der Waals surface area contributed by atoms with Gasteiger partial charge < -0.3 is 10.2 Å². The molecule has 1 aliphatic heterocycles. The van der Waals surface area contributed by atoms with Gasteiger partial charge in [0.2, 0.25) is 0 Å². The fourth-order valence-electron chi connectivity index (χ4n) is 2.53. The summed E-state index contributed by atoms with van der Waals surface area (Å²) in [6, 6.07) is 7.84. The summed E-state index contributed by atoms with van der Waals surface area (Å²) in [6.45, 7) is 9.19. The fraction of sp³-hybridized carbons (Fsp3) is 0.562. The molecule has 4 heteroatoms. The minimum Gasteiger partial charge on any atom is -0.385 e. The molecule has 0 bridgehead atoms. The van der Waals surface area contributed by atoms with Crippen molar-refractivity contribution in [2.45, 2.75) is 37.7 Å². The number of hydrogen-bond donors (Lipinski definition) is 1. The summed E-state index contributed by atoms with van der Waals surface area (Å²) in [5, 5.41) is 4.37. The molecule has 1 aromatic rings. The van der Waals surface area contributed by atoms with Gasteiger partial charge in [-0.1, -0.05) is 20.8 Å². The highest BCUT2D eigenvalue weighted by Gasteiger charge is 2.26. The van der Waals surface area contributed by atoms with Gasteiger partial charge in [-0.15, -0.1) is 0 Å². The molecular weight excluding hydrogens is 268 g/mol. The van der Waals surface area contributed by atoms with E-state index < -0.39 is 0 Å². The predicted molar refractivity (Wildman–Crippen MR) is 87.6 cm³/mol. The van der Waals surface area contributed by atoms with E-state index in [-0.39, 0.29) is 5.91 Å². The summed E-state index contributed by atoms with van der Waals surface area (Å²) in [7, 11) is 0. The maximum absolute atomic E-state index is 12.5. The maximum Gasteiger partial charge on any atom is 0.253 e. The summed E-state index contributed by atoms with van der Waals surface area (Å²) in [5.74, 6) is 0.158. The first-order valence-corrected chi connectivity index (χ1v) is 8.33. The van der Waals surface area contributed by atoms with Gasteiger partial charge in [-0.3, -0.25) is 4.79 Å². The second-order valence-corrected chi connectivity index (χ2v) is 7.35. The highest BCUT2D eigenvalue weighted by Crippen LogP contribution is 2.25. The molecule has 2 atom stereocenters. The number of amides is 1. The highest BCUT2D eigenvalue weighted by atomic mass is 32.2. The van der Waals surface area contributed by atoms with Crippen molar-refractivity contribution in [3.63, 3.8) is 0 Å². The largest absolute Gasteiger partial charge is 0.385 e. The standard InChI is InChI=1S/C16H24N2OS/c1-4-9-17-15-7-5-14(6-8-15)16(19)18-10-12(2)20-13(3)11-18/h5-8,12-13,17H,4,9-11H2,1-3H3. The molecule has 0 spiro atoms. The Morgan fingerprint density at radius 2 is 1.85 bits per heavy atom. The number of hydrogen-bond acceptors (Lipinski definition) is 3. The van der Waals surface area contributed by atoms with Crippen LogP contribution in [0, 0.1) is 0 Å². The first kappa shape index (κ1) is 15.2. The van der Waals surface area contributed by atoms with Gasteiger partial charge in [-0.2, -0.15) is 11.8 Å². The number of nitrogens with one attached hydrogen (secondary N) is 1. The Labute approximate surface area is 126 Å². The lowest BCUT2D eigenvalue weighted by molar-refractivity contribution is 0.0753. The molecule has 1 N–H and O–H groups in total. The fourth-order valence-corrected chi connectivity index (χ4v) is 3.85. The van der Waals surface area contributed by atoms with Gasteiger partial charge in [0.15, 0.2) is 0 Å². The number of thioether (sulfide) groups is 1. The van der Waals surface area contributed by atoms with Crippen LogP contribution in [0.2, 0.25) is 0 Å². The first-order chi connectivity index (χ1) is 9.60. The van der Waals surface area contributed by atoms with Crippen LogP contribution in [0.15, 0.2) is 24.3 Å². The molecule has 1 saturated heterocycles. The lowest BCUT2D eigenvalue weighted by Gasteiger charge is -2.34. The molecule has 1 heterocycles. The van der Waals surface area contributed by atoms with E-state index in [1.807, 2.05) is 40.9 Å². The van der Waals surface area contributed by atoms with E-state index in [0.29, 0.717) is 10.5 Å². The second kappa shape index (κ2) is 7.02. The third kappa shape index (κ3) is 3.92. The molecule has 0 saturated carbocycles. The molecule has 0 aromatic heterocycles. The number of anilines is 1.